The van der Waals surface area contributed by atoms with E-state index in [0.717, 1.165) is 57.8 Å². The van der Waals surface area contributed by atoms with Crippen LogP contribution in [0.2, 0.25) is 0 Å². The molecule has 1 amide bonds. The summed E-state index contributed by atoms with van der Waals surface area (Å²) in [6.07, 6.45) is 68.4. The van der Waals surface area contributed by atoms with E-state index in [1.165, 1.54) is 231 Å². The van der Waals surface area contributed by atoms with Crippen molar-refractivity contribution < 1.29 is 64.6 Å². The van der Waals surface area contributed by atoms with Crippen molar-refractivity contribution in [2.45, 2.75) is 396 Å². The molecular formula is C78H141NO13. The van der Waals surface area contributed by atoms with Gasteiger partial charge in [-0.05, 0) is 70.6 Å². The van der Waals surface area contributed by atoms with Gasteiger partial charge < -0.3 is 65.1 Å². The first kappa shape index (κ1) is 85.5. The summed E-state index contributed by atoms with van der Waals surface area (Å²) in [6, 6.07) is -0.933. The summed E-state index contributed by atoms with van der Waals surface area (Å²) in [4.78, 5) is 13.4. The summed E-state index contributed by atoms with van der Waals surface area (Å²) in [7, 11) is 0. The summed E-state index contributed by atoms with van der Waals surface area (Å²) in [6.45, 7) is 2.71. The van der Waals surface area contributed by atoms with E-state index in [9.17, 15) is 45.6 Å². The monoisotopic (exact) mass is 1300 g/mol. The van der Waals surface area contributed by atoms with Crippen LogP contribution in [0.15, 0.2) is 72.9 Å². The zero-order valence-electron chi connectivity index (χ0n) is 58.5. The Morgan fingerprint density at radius 1 is 0.402 bits per heavy atom. The fourth-order valence-corrected chi connectivity index (χ4v) is 12.4. The largest absolute Gasteiger partial charge is 0.394 e. The summed E-state index contributed by atoms with van der Waals surface area (Å²) in [5, 5.41) is 87.5. The number of allylic oxidation sites excluding steroid dienone is 11. The van der Waals surface area contributed by atoms with Crippen LogP contribution in [0.1, 0.15) is 322 Å². The standard InChI is InChI=1S/C78H141NO13/c1-3-5-7-9-11-13-15-17-19-21-23-25-26-27-28-29-30-31-32-33-34-35-36-37-38-39-40-42-44-46-48-50-52-54-56-58-60-62-70(83)79-66(67(82)61-59-57-55-53-51-49-47-45-43-41-24-22-20-18-16-14-12-10-8-6-4-2)65-89-77-75(88)73(86)76(69(64-81)91-77)92-78-74(87)72(85)71(84)68(63-80)90-78/h5,7,11,13,17,19,23,25,51,53,59,61,66-69,71-78,80-82,84-88H,3-4,6,8-10,12,14-16,18,20-22,24,26-50,52,54-58,60,62-65H2,1-2H3,(H,79,83)/b7-5-,13-11-,19-17-,25-23-,53-51+,61-59+. The predicted molar refractivity (Wildman–Crippen MR) is 378 cm³/mol. The number of amides is 1. The molecule has 0 aromatic heterocycles. The fourth-order valence-electron chi connectivity index (χ4n) is 12.4. The third-order valence-corrected chi connectivity index (χ3v) is 18.4. The molecule has 2 aliphatic rings. The number of aliphatic hydroxyl groups excluding tert-OH is 8. The van der Waals surface area contributed by atoms with Gasteiger partial charge in [0.2, 0.25) is 5.91 Å². The average Bonchev–Trinajstić information content (AvgIpc) is 0.915. The van der Waals surface area contributed by atoms with Crippen LogP contribution in [-0.2, 0) is 23.7 Å². The second-order valence-electron chi connectivity index (χ2n) is 26.7. The van der Waals surface area contributed by atoms with Crippen molar-refractivity contribution in [1.29, 1.82) is 0 Å². The minimum absolute atomic E-state index is 0.244. The second-order valence-corrected chi connectivity index (χ2v) is 26.7. The number of carbonyl (C=O) groups is 1. The maximum absolute atomic E-state index is 13.4. The Morgan fingerprint density at radius 3 is 1.20 bits per heavy atom. The first-order valence-corrected chi connectivity index (χ1v) is 38.2. The van der Waals surface area contributed by atoms with Crippen LogP contribution in [0, 0.1) is 0 Å². The minimum atomic E-state index is -1.79. The van der Waals surface area contributed by atoms with Crippen LogP contribution in [0.3, 0.4) is 0 Å². The first-order chi connectivity index (χ1) is 45.1. The van der Waals surface area contributed by atoms with Crippen LogP contribution in [0.5, 0.6) is 0 Å². The van der Waals surface area contributed by atoms with Crippen molar-refractivity contribution in [1.82, 2.24) is 5.32 Å². The summed E-state index contributed by atoms with van der Waals surface area (Å²) in [5.41, 5.74) is 0. The molecule has 2 fully saturated rings. The molecule has 2 saturated heterocycles. The molecule has 0 bridgehead atoms. The van der Waals surface area contributed by atoms with Gasteiger partial charge in [-0.25, -0.2) is 0 Å². The number of nitrogens with one attached hydrogen (secondary N) is 1. The van der Waals surface area contributed by atoms with Gasteiger partial charge in [0.15, 0.2) is 12.6 Å². The van der Waals surface area contributed by atoms with Crippen molar-refractivity contribution in [3.05, 3.63) is 72.9 Å². The lowest BCUT2D eigenvalue weighted by Gasteiger charge is -2.46. The van der Waals surface area contributed by atoms with Crippen LogP contribution >= 0.6 is 0 Å². The van der Waals surface area contributed by atoms with Gasteiger partial charge in [-0.2, -0.15) is 0 Å². The first-order valence-electron chi connectivity index (χ1n) is 38.2. The second kappa shape index (κ2) is 62.0. The normalized spacial score (nSPS) is 23.1. The molecule has 0 saturated carbocycles. The van der Waals surface area contributed by atoms with E-state index in [4.69, 9.17) is 18.9 Å². The lowest BCUT2D eigenvalue weighted by molar-refractivity contribution is -0.359. The van der Waals surface area contributed by atoms with Gasteiger partial charge in [0, 0.05) is 6.42 Å². The summed E-state index contributed by atoms with van der Waals surface area (Å²) >= 11 is 0. The Morgan fingerprint density at radius 2 is 0.761 bits per heavy atom. The molecular weight excluding hydrogens is 1160 g/mol. The van der Waals surface area contributed by atoms with E-state index in [-0.39, 0.29) is 18.9 Å². The fraction of sp³-hybridized carbons (Fsp3) is 0.833. The van der Waals surface area contributed by atoms with Crippen molar-refractivity contribution in [2.24, 2.45) is 0 Å². The topological polar surface area (TPSA) is 228 Å². The molecule has 9 N–H and O–H groups in total. The lowest BCUT2D eigenvalue weighted by Crippen LogP contribution is -2.65. The minimum Gasteiger partial charge on any atom is -0.394 e. The molecule has 0 radical (unpaired) electrons. The van der Waals surface area contributed by atoms with Gasteiger partial charge in [-0.1, -0.05) is 318 Å². The van der Waals surface area contributed by atoms with Gasteiger partial charge in [0.25, 0.3) is 0 Å². The Kier molecular flexibility index (Phi) is 57.6. The molecule has 536 valence electrons. The van der Waals surface area contributed by atoms with Gasteiger partial charge in [-0.3, -0.25) is 4.79 Å². The third kappa shape index (κ3) is 45.0. The van der Waals surface area contributed by atoms with Crippen molar-refractivity contribution in [3.63, 3.8) is 0 Å². The average molecular weight is 1300 g/mol. The molecule has 0 aliphatic carbocycles. The molecule has 2 heterocycles. The highest BCUT2D eigenvalue weighted by atomic mass is 16.7. The van der Waals surface area contributed by atoms with Gasteiger partial charge in [-0.15, -0.1) is 0 Å². The summed E-state index contributed by atoms with van der Waals surface area (Å²) in [5.74, 6) is -0.244. The Hall–Kier alpha value is -2.57. The molecule has 0 aromatic rings. The zero-order valence-corrected chi connectivity index (χ0v) is 58.5. The number of hydrogen-bond acceptors (Lipinski definition) is 13. The van der Waals surface area contributed by atoms with E-state index in [1.54, 1.807) is 6.08 Å². The van der Waals surface area contributed by atoms with Crippen LogP contribution in [-0.4, -0.2) is 140 Å². The van der Waals surface area contributed by atoms with Gasteiger partial charge >= 0.3 is 0 Å². The Balaban J connectivity index is 1.60. The third-order valence-electron chi connectivity index (χ3n) is 18.4. The highest BCUT2D eigenvalue weighted by Gasteiger charge is 2.51. The van der Waals surface area contributed by atoms with Crippen molar-refractivity contribution in [3.8, 4) is 0 Å². The highest BCUT2D eigenvalue weighted by Crippen LogP contribution is 2.30. The molecule has 14 nitrogen and oxygen atoms in total. The van der Waals surface area contributed by atoms with Crippen LogP contribution in [0.25, 0.3) is 0 Å². The number of rotatable bonds is 63. The molecule has 14 heteroatoms. The Labute approximate surface area is 561 Å². The maximum atomic E-state index is 13.4. The quantitative estimate of drug-likeness (QED) is 0.0204. The van der Waals surface area contributed by atoms with E-state index in [0.29, 0.717) is 12.8 Å². The van der Waals surface area contributed by atoms with E-state index < -0.39 is 86.8 Å². The number of unbranched alkanes of at least 4 members (excludes halogenated alkanes) is 40. The molecule has 12 atom stereocenters. The molecule has 92 heavy (non-hydrogen) atoms. The number of hydrogen-bond donors (Lipinski definition) is 9. The SMILES string of the molecule is CC/C=C\C/C=C\C/C=C\C/C=C\CCCCCCCCCCCCCCCCCCCCCCCCCCC(=O)NC(COC1OC(CO)C(OC2OC(CO)C(O)C(O)C2O)C(O)C1O)C(O)/C=C/CC/C=C/CCCCCCCCCCCCCCCCC. The van der Waals surface area contributed by atoms with Crippen LogP contribution in [0.4, 0.5) is 0 Å². The molecule has 12 unspecified atom stereocenters. The van der Waals surface area contributed by atoms with Crippen molar-refractivity contribution in [2.75, 3.05) is 19.8 Å². The smallest absolute Gasteiger partial charge is 0.220 e. The van der Waals surface area contributed by atoms with E-state index in [1.807, 2.05) is 6.08 Å². The number of ether oxygens (including phenoxy) is 4. The highest BCUT2D eigenvalue weighted by molar-refractivity contribution is 5.76. The van der Waals surface area contributed by atoms with Crippen molar-refractivity contribution >= 4 is 5.91 Å². The summed E-state index contributed by atoms with van der Waals surface area (Å²) < 4.78 is 22.9. The predicted octanol–water partition coefficient (Wildman–Crippen LogP) is 16.6. The Bertz CT molecular complexity index is 1820. The molecule has 0 spiro atoms. The van der Waals surface area contributed by atoms with Gasteiger partial charge in [0.1, 0.15) is 48.8 Å². The maximum Gasteiger partial charge on any atom is 0.220 e. The molecule has 0 aromatic carbocycles. The zero-order chi connectivity index (χ0) is 66.6. The lowest BCUT2D eigenvalue weighted by atomic mass is 9.97. The van der Waals surface area contributed by atoms with Gasteiger partial charge in [0.05, 0.1) is 32.0 Å². The van der Waals surface area contributed by atoms with E-state index >= 15 is 0 Å². The number of aliphatic hydroxyl groups is 8. The molecule has 2 rings (SSSR count). The molecule has 2 aliphatic heterocycles. The van der Waals surface area contributed by atoms with Crippen LogP contribution < -0.4 is 5.32 Å². The number of carbonyl (C=O) groups excluding carboxylic acids is 1. The van der Waals surface area contributed by atoms with E-state index in [2.05, 4.69) is 79.9 Å².